The van der Waals surface area contributed by atoms with Crippen molar-refractivity contribution < 1.29 is 4.74 Å². The van der Waals surface area contributed by atoms with Crippen LogP contribution >= 0.6 is 31.9 Å². The molecule has 2 rings (SSSR count). The number of rotatable bonds is 6. The Morgan fingerprint density at radius 2 is 1.75 bits per heavy atom. The monoisotopic (exact) mass is 397 g/mol. The van der Waals surface area contributed by atoms with Gasteiger partial charge in [-0.05, 0) is 42.8 Å². The molecule has 0 aliphatic heterocycles. The number of ether oxygens (including phenoxy) is 1. The SMILES string of the molecule is C[C@H](NCCOc1cccc(Br)c1)c1cccc(Br)c1. The Morgan fingerprint density at radius 3 is 2.45 bits per heavy atom. The van der Waals surface area contributed by atoms with Crippen LogP contribution in [0.25, 0.3) is 0 Å². The van der Waals surface area contributed by atoms with Crippen LogP contribution in [0.1, 0.15) is 18.5 Å². The minimum Gasteiger partial charge on any atom is -0.492 e. The van der Waals surface area contributed by atoms with E-state index in [2.05, 4.69) is 62.3 Å². The first kappa shape index (κ1) is 15.5. The zero-order chi connectivity index (χ0) is 14.4. The average Bonchev–Trinajstić information content (AvgIpc) is 2.43. The maximum Gasteiger partial charge on any atom is 0.120 e. The molecule has 0 aromatic heterocycles. The van der Waals surface area contributed by atoms with E-state index in [1.807, 2.05) is 30.3 Å². The molecule has 0 unspecified atom stereocenters. The molecule has 2 nitrogen and oxygen atoms in total. The van der Waals surface area contributed by atoms with E-state index in [0.717, 1.165) is 21.2 Å². The minimum atomic E-state index is 0.304. The summed E-state index contributed by atoms with van der Waals surface area (Å²) >= 11 is 6.92. The van der Waals surface area contributed by atoms with E-state index >= 15 is 0 Å². The fourth-order valence-corrected chi connectivity index (χ4v) is 2.69. The third-order valence-corrected chi connectivity index (χ3v) is 3.95. The summed E-state index contributed by atoms with van der Waals surface area (Å²) < 4.78 is 7.83. The Labute approximate surface area is 136 Å². The van der Waals surface area contributed by atoms with Crippen molar-refractivity contribution in [1.82, 2.24) is 5.32 Å². The van der Waals surface area contributed by atoms with Crippen molar-refractivity contribution in [1.29, 1.82) is 0 Å². The molecule has 0 radical (unpaired) electrons. The largest absolute Gasteiger partial charge is 0.492 e. The summed E-state index contributed by atoms with van der Waals surface area (Å²) in [4.78, 5) is 0. The van der Waals surface area contributed by atoms with Crippen LogP contribution in [0.5, 0.6) is 5.75 Å². The lowest BCUT2D eigenvalue weighted by Gasteiger charge is -2.15. The Kier molecular flexibility index (Phi) is 6.07. The van der Waals surface area contributed by atoms with Gasteiger partial charge in [-0.25, -0.2) is 0 Å². The van der Waals surface area contributed by atoms with E-state index in [1.165, 1.54) is 5.56 Å². The van der Waals surface area contributed by atoms with Gasteiger partial charge in [0.05, 0.1) is 0 Å². The maximum atomic E-state index is 5.70. The van der Waals surface area contributed by atoms with Crippen molar-refractivity contribution in [3.05, 3.63) is 63.0 Å². The van der Waals surface area contributed by atoms with Gasteiger partial charge < -0.3 is 10.1 Å². The summed E-state index contributed by atoms with van der Waals surface area (Å²) in [5.41, 5.74) is 1.27. The number of halogens is 2. The first-order chi connectivity index (χ1) is 9.65. The summed E-state index contributed by atoms with van der Waals surface area (Å²) in [5, 5.41) is 3.45. The molecule has 0 aliphatic rings. The first-order valence-electron chi connectivity index (χ1n) is 6.52. The maximum absolute atomic E-state index is 5.70. The van der Waals surface area contributed by atoms with Crippen LogP contribution in [0.3, 0.4) is 0 Å². The molecule has 0 fully saturated rings. The van der Waals surface area contributed by atoms with Crippen LogP contribution in [0.4, 0.5) is 0 Å². The van der Waals surface area contributed by atoms with Crippen LogP contribution in [0, 0.1) is 0 Å². The summed E-state index contributed by atoms with van der Waals surface area (Å²) in [7, 11) is 0. The van der Waals surface area contributed by atoms with Crippen molar-refractivity contribution in [3.63, 3.8) is 0 Å². The van der Waals surface area contributed by atoms with Crippen LogP contribution in [-0.4, -0.2) is 13.2 Å². The Morgan fingerprint density at radius 1 is 1.05 bits per heavy atom. The lowest BCUT2D eigenvalue weighted by atomic mass is 10.1. The summed E-state index contributed by atoms with van der Waals surface area (Å²) in [6.07, 6.45) is 0. The third kappa shape index (κ3) is 4.93. The van der Waals surface area contributed by atoms with E-state index < -0.39 is 0 Å². The van der Waals surface area contributed by atoms with E-state index in [0.29, 0.717) is 12.6 Å². The van der Waals surface area contributed by atoms with Crippen molar-refractivity contribution in [2.45, 2.75) is 13.0 Å². The quantitative estimate of drug-likeness (QED) is 0.695. The van der Waals surface area contributed by atoms with Crippen LogP contribution in [-0.2, 0) is 0 Å². The molecule has 2 aromatic carbocycles. The summed E-state index contributed by atoms with van der Waals surface area (Å²) in [6.45, 7) is 3.61. The minimum absolute atomic E-state index is 0.304. The van der Waals surface area contributed by atoms with Gasteiger partial charge in [-0.2, -0.15) is 0 Å². The molecular weight excluding hydrogens is 382 g/mol. The van der Waals surface area contributed by atoms with Crippen LogP contribution < -0.4 is 10.1 Å². The van der Waals surface area contributed by atoms with Crippen molar-refractivity contribution in [2.75, 3.05) is 13.2 Å². The predicted molar refractivity (Wildman–Crippen MR) is 90.2 cm³/mol. The third-order valence-electron chi connectivity index (χ3n) is 2.97. The van der Waals surface area contributed by atoms with Gasteiger partial charge in [0.2, 0.25) is 0 Å². The Balaban J connectivity index is 1.76. The number of nitrogens with one attached hydrogen (secondary N) is 1. The predicted octanol–water partition coefficient (Wildman–Crippen LogP) is 4.94. The molecule has 0 saturated heterocycles. The van der Waals surface area contributed by atoms with E-state index in [-0.39, 0.29) is 0 Å². The smallest absolute Gasteiger partial charge is 0.120 e. The lowest BCUT2D eigenvalue weighted by molar-refractivity contribution is 0.307. The van der Waals surface area contributed by atoms with Gasteiger partial charge in [-0.3, -0.25) is 0 Å². The second-order valence-electron chi connectivity index (χ2n) is 4.54. The highest BCUT2D eigenvalue weighted by Gasteiger charge is 2.04. The average molecular weight is 399 g/mol. The molecule has 1 atom stereocenters. The van der Waals surface area contributed by atoms with Crippen LogP contribution in [0.15, 0.2) is 57.5 Å². The van der Waals surface area contributed by atoms with Crippen molar-refractivity contribution in [2.24, 2.45) is 0 Å². The van der Waals surface area contributed by atoms with Crippen molar-refractivity contribution in [3.8, 4) is 5.75 Å². The number of hydrogen-bond acceptors (Lipinski definition) is 2. The molecule has 0 heterocycles. The molecule has 1 N–H and O–H groups in total. The summed E-state index contributed by atoms with van der Waals surface area (Å²) in [6, 6.07) is 16.5. The van der Waals surface area contributed by atoms with Gasteiger partial charge in [0, 0.05) is 21.5 Å². The normalized spacial score (nSPS) is 12.2. The zero-order valence-electron chi connectivity index (χ0n) is 11.3. The topological polar surface area (TPSA) is 21.3 Å². The van der Waals surface area contributed by atoms with Gasteiger partial charge in [0.25, 0.3) is 0 Å². The second-order valence-corrected chi connectivity index (χ2v) is 6.37. The second kappa shape index (κ2) is 7.81. The molecule has 0 aliphatic carbocycles. The van der Waals surface area contributed by atoms with Gasteiger partial charge in [-0.1, -0.05) is 50.1 Å². The van der Waals surface area contributed by atoms with Gasteiger partial charge in [-0.15, -0.1) is 0 Å². The fourth-order valence-electron chi connectivity index (χ4n) is 1.89. The number of hydrogen-bond donors (Lipinski definition) is 1. The molecule has 20 heavy (non-hydrogen) atoms. The molecule has 0 amide bonds. The molecule has 0 bridgehead atoms. The standard InChI is InChI=1S/C16H17Br2NO/c1-12(13-4-2-5-14(17)10-13)19-8-9-20-16-7-3-6-15(18)11-16/h2-7,10-12,19H,8-9H2,1H3/t12-/m0/s1. The molecule has 4 heteroatoms. The Hall–Kier alpha value is -0.840. The van der Waals surface area contributed by atoms with E-state index in [4.69, 9.17) is 4.74 Å². The van der Waals surface area contributed by atoms with E-state index in [9.17, 15) is 0 Å². The van der Waals surface area contributed by atoms with E-state index in [1.54, 1.807) is 0 Å². The molecule has 0 saturated carbocycles. The molecule has 0 spiro atoms. The lowest BCUT2D eigenvalue weighted by Crippen LogP contribution is -2.24. The Bertz CT molecular complexity index is 560. The van der Waals surface area contributed by atoms with Gasteiger partial charge in [0.1, 0.15) is 12.4 Å². The molecular formula is C16H17Br2NO. The molecule has 106 valence electrons. The van der Waals surface area contributed by atoms with Crippen LogP contribution in [0.2, 0.25) is 0 Å². The van der Waals surface area contributed by atoms with Crippen molar-refractivity contribution >= 4 is 31.9 Å². The molecule has 2 aromatic rings. The highest BCUT2D eigenvalue weighted by atomic mass is 79.9. The number of benzene rings is 2. The highest BCUT2D eigenvalue weighted by molar-refractivity contribution is 9.10. The van der Waals surface area contributed by atoms with Gasteiger partial charge in [0.15, 0.2) is 0 Å². The van der Waals surface area contributed by atoms with Gasteiger partial charge >= 0.3 is 0 Å². The first-order valence-corrected chi connectivity index (χ1v) is 8.11. The highest BCUT2D eigenvalue weighted by Crippen LogP contribution is 2.18. The summed E-state index contributed by atoms with van der Waals surface area (Å²) in [5.74, 6) is 0.885. The fraction of sp³-hybridized carbons (Fsp3) is 0.250. The zero-order valence-corrected chi connectivity index (χ0v) is 14.4.